The zero-order valence-electron chi connectivity index (χ0n) is 20.5. The number of likely N-dealkylation sites (tertiary alicyclic amines) is 1. The quantitative estimate of drug-likeness (QED) is 0.506. The monoisotopic (exact) mass is 488 g/mol. The number of likely N-dealkylation sites (N-methyl/N-ethyl adjacent to an activating group) is 1. The van der Waals surface area contributed by atoms with E-state index in [1.54, 1.807) is 11.0 Å². The first-order valence-corrected chi connectivity index (χ1v) is 12.1. The Morgan fingerprint density at radius 3 is 2.50 bits per heavy atom. The van der Waals surface area contributed by atoms with E-state index in [0.29, 0.717) is 19.6 Å². The lowest BCUT2D eigenvalue weighted by Gasteiger charge is -2.47. The van der Waals surface area contributed by atoms with Gasteiger partial charge in [-0.3, -0.25) is 15.0 Å². The number of hydrogen-bond acceptors (Lipinski definition) is 7. The van der Waals surface area contributed by atoms with Crippen molar-refractivity contribution >= 4 is 17.4 Å². The minimum Gasteiger partial charge on any atom is -0.457 e. The van der Waals surface area contributed by atoms with E-state index in [1.807, 2.05) is 85.9 Å². The Balaban J connectivity index is 1.32. The Labute approximate surface area is 211 Å². The molecule has 0 bridgehead atoms. The average molecular weight is 489 g/mol. The smallest absolute Gasteiger partial charge is 0.257 e. The van der Waals surface area contributed by atoms with Gasteiger partial charge >= 0.3 is 0 Å². The van der Waals surface area contributed by atoms with E-state index < -0.39 is 12.2 Å². The molecule has 5 rings (SSSR count). The average Bonchev–Trinajstić information content (AvgIpc) is 3.23. The summed E-state index contributed by atoms with van der Waals surface area (Å²) in [7, 11) is 3.92. The van der Waals surface area contributed by atoms with Crippen molar-refractivity contribution in [1.82, 2.24) is 25.6 Å². The molecule has 4 N–H and O–H groups in total. The number of fused-ring (bicyclic) bond motifs is 1. The van der Waals surface area contributed by atoms with Crippen LogP contribution in [0.5, 0.6) is 11.5 Å². The summed E-state index contributed by atoms with van der Waals surface area (Å²) < 4.78 is 5.93. The van der Waals surface area contributed by atoms with Gasteiger partial charge in [0.1, 0.15) is 17.5 Å². The second-order valence-electron chi connectivity index (χ2n) is 9.66. The van der Waals surface area contributed by atoms with Crippen molar-refractivity contribution < 1.29 is 14.3 Å². The molecule has 2 fully saturated rings. The number of benzene rings is 2. The summed E-state index contributed by atoms with van der Waals surface area (Å²) in [6, 6.07) is 17.1. The van der Waals surface area contributed by atoms with Crippen LogP contribution in [0.1, 0.15) is 5.56 Å². The first-order chi connectivity index (χ1) is 17.4. The predicted octanol–water partition coefficient (Wildman–Crippen LogP) is 1.37. The first kappa shape index (κ1) is 24.1. The fraction of sp³-hybridized carbons (Fsp3) is 0.333. The van der Waals surface area contributed by atoms with Crippen molar-refractivity contribution in [1.29, 1.82) is 0 Å². The molecule has 0 aromatic heterocycles. The van der Waals surface area contributed by atoms with Crippen molar-refractivity contribution in [3.8, 4) is 11.5 Å². The number of para-hydroxylation sites is 1. The minimum atomic E-state index is -0.434. The molecule has 9 heteroatoms. The standard InChI is InChI=1S/C27H32N6O3/c1-31(2)14-6-9-23(34)32-15-19(16-32)33-17-22(24-25(33)27(35)30-29-26(24)28)18-10-12-21(13-11-18)36-20-7-4-3-5-8-20/h3-13,17,19,24-26,29H,14-16,28H2,1-2H3,(H,30,35)/b9-6+. The molecule has 0 spiro atoms. The van der Waals surface area contributed by atoms with Crippen LogP contribution in [0.4, 0.5) is 0 Å². The molecule has 2 saturated heterocycles. The Morgan fingerprint density at radius 1 is 1.11 bits per heavy atom. The van der Waals surface area contributed by atoms with E-state index in [2.05, 4.69) is 15.8 Å². The molecule has 3 unspecified atom stereocenters. The number of nitrogens with two attached hydrogens (primary N) is 1. The van der Waals surface area contributed by atoms with Crippen LogP contribution in [0, 0.1) is 5.92 Å². The molecule has 9 nitrogen and oxygen atoms in total. The third-order valence-corrected chi connectivity index (χ3v) is 6.82. The van der Waals surface area contributed by atoms with Gasteiger partial charge in [-0.2, -0.15) is 0 Å². The summed E-state index contributed by atoms with van der Waals surface area (Å²) in [6.45, 7) is 1.85. The number of carbonyl (C=O) groups is 2. The number of amides is 2. The number of carbonyl (C=O) groups excluding carboxylic acids is 2. The third-order valence-electron chi connectivity index (χ3n) is 6.82. The Kier molecular flexibility index (Phi) is 6.77. The molecule has 2 aromatic carbocycles. The largest absolute Gasteiger partial charge is 0.457 e. The van der Waals surface area contributed by atoms with Crippen molar-refractivity contribution in [3.63, 3.8) is 0 Å². The van der Waals surface area contributed by atoms with E-state index in [9.17, 15) is 9.59 Å². The number of hydrogen-bond donors (Lipinski definition) is 3. The van der Waals surface area contributed by atoms with Gasteiger partial charge in [0.05, 0.1) is 12.2 Å². The summed E-state index contributed by atoms with van der Waals surface area (Å²) >= 11 is 0. The second-order valence-corrected chi connectivity index (χ2v) is 9.66. The highest BCUT2D eigenvalue weighted by atomic mass is 16.5. The molecule has 0 radical (unpaired) electrons. The van der Waals surface area contributed by atoms with Crippen LogP contribution < -0.4 is 21.3 Å². The highest BCUT2D eigenvalue weighted by molar-refractivity contribution is 5.90. The molecule has 2 aromatic rings. The van der Waals surface area contributed by atoms with Crippen LogP contribution in [0.2, 0.25) is 0 Å². The number of nitrogens with zero attached hydrogens (tertiary/aromatic N) is 3. The van der Waals surface area contributed by atoms with Crippen LogP contribution in [0.15, 0.2) is 72.9 Å². The van der Waals surface area contributed by atoms with E-state index in [1.165, 1.54) is 0 Å². The maximum Gasteiger partial charge on any atom is 0.257 e. The van der Waals surface area contributed by atoms with Crippen molar-refractivity contribution in [3.05, 3.63) is 78.5 Å². The van der Waals surface area contributed by atoms with E-state index in [0.717, 1.165) is 22.6 Å². The molecule has 188 valence electrons. The Morgan fingerprint density at radius 2 is 1.81 bits per heavy atom. The fourth-order valence-electron chi connectivity index (χ4n) is 4.92. The van der Waals surface area contributed by atoms with Crippen molar-refractivity contribution in [2.24, 2.45) is 11.7 Å². The van der Waals surface area contributed by atoms with Crippen LogP contribution in [-0.4, -0.2) is 78.5 Å². The van der Waals surface area contributed by atoms with Crippen LogP contribution in [0.3, 0.4) is 0 Å². The van der Waals surface area contributed by atoms with Gasteiger partial charge in [-0.15, -0.1) is 0 Å². The van der Waals surface area contributed by atoms with Crippen molar-refractivity contribution in [2.75, 3.05) is 33.7 Å². The summed E-state index contributed by atoms with van der Waals surface area (Å²) in [5.41, 5.74) is 14.0. The molecule has 0 aliphatic carbocycles. The van der Waals surface area contributed by atoms with Gasteiger partial charge in [-0.1, -0.05) is 36.4 Å². The Hall–Kier alpha value is -3.66. The van der Waals surface area contributed by atoms with E-state index in [4.69, 9.17) is 10.5 Å². The lowest BCUT2D eigenvalue weighted by molar-refractivity contribution is -0.137. The van der Waals surface area contributed by atoms with Gasteiger partial charge < -0.3 is 25.2 Å². The van der Waals surface area contributed by atoms with E-state index in [-0.39, 0.29) is 23.8 Å². The topological polar surface area (TPSA) is 103 Å². The first-order valence-electron chi connectivity index (χ1n) is 12.1. The number of hydrazine groups is 1. The zero-order valence-corrected chi connectivity index (χ0v) is 20.5. The molecule has 0 saturated carbocycles. The van der Waals surface area contributed by atoms with Gasteiger partial charge in [-0.05, 0) is 49.5 Å². The zero-order chi connectivity index (χ0) is 25.2. The predicted molar refractivity (Wildman–Crippen MR) is 137 cm³/mol. The molecular weight excluding hydrogens is 456 g/mol. The fourth-order valence-corrected chi connectivity index (χ4v) is 4.92. The molecule has 3 aliphatic rings. The number of ether oxygens (including phenoxy) is 1. The summed E-state index contributed by atoms with van der Waals surface area (Å²) in [4.78, 5) is 31.3. The molecule has 3 atom stereocenters. The summed E-state index contributed by atoms with van der Waals surface area (Å²) in [6.07, 6.45) is 5.10. The molecule has 2 amide bonds. The van der Waals surface area contributed by atoms with Gasteiger partial charge in [0, 0.05) is 37.8 Å². The lowest BCUT2D eigenvalue weighted by Crippen LogP contribution is -2.69. The van der Waals surface area contributed by atoms with Crippen molar-refractivity contribution in [2.45, 2.75) is 18.2 Å². The Bertz CT molecular complexity index is 1160. The minimum absolute atomic E-state index is 0.00600. The lowest BCUT2D eigenvalue weighted by atomic mass is 9.86. The SMILES string of the molecule is CN(C)C/C=C/C(=O)N1CC(N2C=C(c3ccc(Oc4ccccc4)cc3)C3C(N)NNC(=O)C32)C1. The molecule has 3 aliphatic heterocycles. The van der Waals surface area contributed by atoms with Gasteiger partial charge in [0.2, 0.25) is 5.91 Å². The van der Waals surface area contributed by atoms with Crippen LogP contribution in [-0.2, 0) is 9.59 Å². The number of rotatable bonds is 7. The van der Waals surface area contributed by atoms with Gasteiger partial charge in [-0.25, -0.2) is 5.43 Å². The van der Waals surface area contributed by atoms with Gasteiger partial charge in [0.15, 0.2) is 0 Å². The van der Waals surface area contributed by atoms with Crippen LogP contribution in [0.25, 0.3) is 5.57 Å². The number of nitrogens with one attached hydrogen (secondary N) is 2. The van der Waals surface area contributed by atoms with Crippen LogP contribution >= 0.6 is 0 Å². The summed E-state index contributed by atoms with van der Waals surface area (Å²) in [5, 5.41) is 0. The highest BCUT2D eigenvalue weighted by Gasteiger charge is 2.50. The maximum atomic E-state index is 12.9. The second kappa shape index (κ2) is 10.1. The maximum absolute atomic E-state index is 12.9. The van der Waals surface area contributed by atoms with E-state index >= 15 is 0 Å². The molecule has 3 heterocycles. The molecular formula is C27H32N6O3. The summed E-state index contributed by atoms with van der Waals surface area (Å²) in [5.74, 6) is 1.16. The normalized spacial score (nSPS) is 23.9. The van der Waals surface area contributed by atoms with Gasteiger partial charge in [0.25, 0.3) is 5.91 Å². The third kappa shape index (κ3) is 4.86. The molecule has 36 heavy (non-hydrogen) atoms. The highest BCUT2D eigenvalue weighted by Crippen LogP contribution is 2.41.